The second kappa shape index (κ2) is 11.2. The number of benzene rings is 2. The number of aliphatic hydroxyl groups is 1. The van der Waals surface area contributed by atoms with Gasteiger partial charge in [-0.15, -0.1) is 0 Å². The molecule has 0 atom stereocenters. The van der Waals surface area contributed by atoms with E-state index in [9.17, 15) is 30.4 Å². The molecule has 2 aromatic rings. The Hall–Kier alpha value is -2.04. The smallest absolute Gasteiger partial charge is 0.240 e. The second-order valence-corrected chi connectivity index (χ2v) is 7.42. The molecule has 10 heteroatoms. The molecule has 0 aliphatic carbocycles. The lowest BCUT2D eigenvalue weighted by Gasteiger charge is -2.10. The van der Waals surface area contributed by atoms with Gasteiger partial charge in [0.1, 0.15) is 0 Å². The number of aliphatic hydroxyl groups excluding tert-OH is 1. The van der Waals surface area contributed by atoms with Crippen LogP contribution in [0.15, 0.2) is 29.2 Å². The van der Waals surface area contributed by atoms with Crippen LogP contribution in [0.2, 0.25) is 0 Å². The summed E-state index contributed by atoms with van der Waals surface area (Å²) in [5.74, 6) is -10.4. The van der Waals surface area contributed by atoms with Crippen LogP contribution >= 0.6 is 0 Å². The number of sulfonamides is 1. The zero-order chi connectivity index (χ0) is 22.2. The Bertz CT molecular complexity index is 889. The molecule has 29 heavy (non-hydrogen) atoms. The third-order valence-corrected chi connectivity index (χ3v) is 5.27. The second-order valence-electron chi connectivity index (χ2n) is 5.65. The summed E-state index contributed by atoms with van der Waals surface area (Å²) in [6, 6.07) is 3.92. The summed E-state index contributed by atoms with van der Waals surface area (Å²) >= 11 is 0. The molecule has 4 nitrogen and oxygen atoms in total. The molecular formula is C19H22F5NO3S. The third-order valence-electron chi connectivity index (χ3n) is 3.79. The Balaban J connectivity index is 0.00000204. The Morgan fingerprint density at radius 1 is 0.793 bits per heavy atom. The van der Waals surface area contributed by atoms with Crippen molar-refractivity contribution < 1.29 is 35.5 Å². The van der Waals surface area contributed by atoms with Gasteiger partial charge in [-0.1, -0.05) is 26.0 Å². The van der Waals surface area contributed by atoms with Gasteiger partial charge in [0, 0.05) is 13.2 Å². The van der Waals surface area contributed by atoms with Crippen molar-refractivity contribution in [2.75, 3.05) is 13.2 Å². The van der Waals surface area contributed by atoms with E-state index in [0.29, 0.717) is 19.3 Å². The van der Waals surface area contributed by atoms with Crippen molar-refractivity contribution in [3.8, 4) is 11.1 Å². The van der Waals surface area contributed by atoms with E-state index in [1.807, 2.05) is 13.8 Å². The highest BCUT2D eigenvalue weighted by atomic mass is 32.2. The molecule has 0 heterocycles. The molecule has 0 saturated carbocycles. The predicted molar refractivity (Wildman–Crippen MR) is 99.1 cm³/mol. The first-order valence-electron chi connectivity index (χ1n) is 8.93. The summed E-state index contributed by atoms with van der Waals surface area (Å²) in [6.07, 6.45) is 1.67. The summed E-state index contributed by atoms with van der Waals surface area (Å²) in [6.45, 7) is 4.13. The third kappa shape index (κ3) is 5.97. The molecule has 2 aromatic carbocycles. The van der Waals surface area contributed by atoms with E-state index >= 15 is 0 Å². The highest BCUT2D eigenvalue weighted by molar-refractivity contribution is 7.89. The van der Waals surface area contributed by atoms with Gasteiger partial charge in [0.15, 0.2) is 23.3 Å². The van der Waals surface area contributed by atoms with E-state index in [1.165, 1.54) is 0 Å². The molecule has 0 aliphatic heterocycles. The van der Waals surface area contributed by atoms with E-state index in [0.717, 1.165) is 24.3 Å². The maximum atomic E-state index is 13.8. The zero-order valence-corrected chi connectivity index (χ0v) is 16.7. The molecular weight excluding hydrogens is 417 g/mol. The number of rotatable bonds is 8. The molecule has 2 N–H and O–H groups in total. The average Bonchev–Trinajstić information content (AvgIpc) is 2.72. The molecule has 162 valence electrons. The number of hydrogen-bond acceptors (Lipinski definition) is 3. The average molecular weight is 439 g/mol. The Kier molecular flexibility index (Phi) is 9.67. The van der Waals surface area contributed by atoms with Gasteiger partial charge in [-0.05, 0) is 37.0 Å². The van der Waals surface area contributed by atoms with Crippen LogP contribution < -0.4 is 4.72 Å². The van der Waals surface area contributed by atoms with Gasteiger partial charge in [-0.2, -0.15) is 0 Å². The van der Waals surface area contributed by atoms with Gasteiger partial charge < -0.3 is 5.11 Å². The Morgan fingerprint density at radius 3 is 1.76 bits per heavy atom. The van der Waals surface area contributed by atoms with E-state index in [-0.39, 0.29) is 23.6 Å². The Labute approximate surface area is 166 Å². The summed E-state index contributed by atoms with van der Waals surface area (Å²) < 4.78 is 93.9. The van der Waals surface area contributed by atoms with E-state index in [1.54, 1.807) is 0 Å². The van der Waals surface area contributed by atoms with E-state index in [4.69, 9.17) is 5.11 Å². The minimum absolute atomic E-state index is 0.00586. The maximum absolute atomic E-state index is 13.8. The van der Waals surface area contributed by atoms with Gasteiger partial charge >= 0.3 is 0 Å². The number of hydrogen-bond donors (Lipinski definition) is 2. The van der Waals surface area contributed by atoms with E-state index < -0.39 is 44.7 Å². The van der Waals surface area contributed by atoms with Crippen molar-refractivity contribution in [3.05, 3.63) is 53.4 Å². The zero-order valence-electron chi connectivity index (χ0n) is 15.9. The van der Waals surface area contributed by atoms with Crippen LogP contribution in [0.3, 0.4) is 0 Å². The van der Waals surface area contributed by atoms with Crippen LogP contribution in [0.4, 0.5) is 22.0 Å². The van der Waals surface area contributed by atoms with E-state index in [2.05, 4.69) is 4.72 Å². The van der Waals surface area contributed by atoms with Crippen LogP contribution in [0.25, 0.3) is 11.1 Å². The lowest BCUT2D eigenvalue weighted by Crippen LogP contribution is -2.24. The first-order chi connectivity index (χ1) is 13.7. The first-order valence-corrected chi connectivity index (χ1v) is 10.4. The quantitative estimate of drug-likeness (QED) is 0.275. The van der Waals surface area contributed by atoms with Gasteiger partial charge in [0.2, 0.25) is 15.8 Å². The molecule has 0 saturated heterocycles. The Morgan fingerprint density at radius 2 is 1.28 bits per heavy atom. The lowest BCUT2D eigenvalue weighted by molar-refractivity contribution is 0.283. The monoisotopic (exact) mass is 439 g/mol. The molecule has 0 radical (unpaired) electrons. The molecule has 0 amide bonds. The summed E-state index contributed by atoms with van der Waals surface area (Å²) in [5.41, 5.74) is -1.49. The largest absolute Gasteiger partial charge is 0.396 e. The van der Waals surface area contributed by atoms with Crippen molar-refractivity contribution >= 4 is 10.0 Å². The highest BCUT2D eigenvalue weighted by Gasteiger charge is 2.26. The summed E-state index contributed by atoms with van der Waals surface area (Å²) in [4.78, 5) is -0.225. The number of halogens is 5. The standard InChI is InChI=1S/C17H16F5NO3S.C2H6/c18-13-12(14(19)16(21)17(22)15(13)20)10-4-6-11(7-5-10)27(25,26)23-8-2-1-3-9-24;1-2/h4-7,23-24H,1-3,8-9H2;1-2H3. The van der Waals surface area contributed by atoms with Crippen LogP contribution in [-0.2, 0) is 10.0 Å². The van der Waals surface area contributed by atoms with Crippen molar-refractivity contribution in [3.63, 3.8) is 0 Å². The molecule has 0 fully saturated rings. The predicted octanol–water partition coefficient (Wildman–Crippen LogP) is 4.52. The topological polar surface area (TPSA) is 66.4 Å². The van der Waals surface area contributed by atoms with Crippen molar-refractivity contribution in [1.29, 1.82) is 0 Å². The van der Waals surface area contributed by atoms with Crippen LogP contribution in [0.1, 0.15) is 33.1 Å². The van der Waals surface area contributed by atoms with Crippen molar-refractivity contribution in [2.24, 2.45) is 0 Å². The van der Waals surface area contributed by atoms with Crippen LogP contribution in [0.5, 0.6) is 0 Å². The molecule has 0 aromatic heterocycles. The fourth-order valence-corrected chi connectivity index (χ4v) is 3.44. The van der Waals surface area contributed by atoms with Crippen molar-refractivity contribution in [2.45, 2.75) is 38.0 Å². The minimum Gasteiger partial charge on any atom is -0.396 e. The van der Waals surface area contributed by atoms with Crippen LogP contribution in [0, 0.1) is 29.1 Å². The highest BCUT2D eigenvalue weighted by Crippen LogP contribution is 2.31. The van der Waals surface area contributed by atoms with Gasteiger partial charge in [-0.3, -0.25) is 0 Å². The molecule has 2 rings (SSSR count). The van der Waals surface area contributed by atoms with Crippen molar-refractivity contribution in [1.82, 2.24) is 4.72 Å². The normalized spacial score (nSPS) is 11.2. The fraction of sp³-hybridized carbons (Fsp3) is 0.368. The molecule has 0 unspecified atom stereocenters. The van der Waals surface area contributed by atoms with Gasteiger partial charge in [-0.25, -0.2) is 35.1 Å². The minimum atomic E-state index is -3.90. The van der Waals surface area contributed by atoms with Gasteiger partial charge in [0.25, 0.3) is 0 Å². The number of unbranched alkanes of at least 4 members (excludes halogenated alkanes) is 2. The maximum Gasteiger partial charge on any atom is 0.240 e. The number of nitrogens with one attached hydrogen (secondary N) is 1. The van der Waals surface area contributed by atoms with Gasteiger partial charge in [0.05, 0.1) is 10.5 Å². The summed E-state index contributed by atoms with van der Waals surface area (Å²) in [5, 5.41) is 8.65. The molecule has 0 aliphatic rings. The molecule has 0 spiro atoms. The molecule has 0 bridgehead atoms. The lowest BCUT2D eigenvalue weighted by atomic mass is 10.0. The fourth-order valence-electron chi connectivity index (χ4n) is 2.36. The SMILES string of the molecule is CC.O=S(=O)(NCCCCCO)c1ccc(-c2c(F)c(F)c(F)c(F)c2F)cc1. The summed E-state index contributed by atoms with van der Waals surface area (Å²) in [7, 11) is -3.90. The van der Waals surface area contributed by atoms with Crippen LogP contribution in [-0.4, -0.2) is 26.7 Å². The first kappa shape index (κ1) is 25.0.